The first-order valence-corrected chi connectivity index (χ1v) is 5.11. The Morgan fingerprint density at radius 1 is 1.73 bits per heavy atom. The summed E-state index contributed by atoms with van der Waals surface area (Å²) in [6.45, 7) is 0.547. The van der Waals surface area contributed by atoms with Crippen molar-refractivity contribution in [3.8, 4) is 5.75 Å². The maximum Gasteiger partial charge on any atom is 0.135 e. The molecule has 0 aliphatic carbocycles. The Balaban J connectivity index is 2.38. The number of hydrogen-bond acceptors (Lipinski definition) is 3. The van der Waals surface area contributed by atoms with E-state index in [4.69, 9.17) is 4.74 Å². The van der Waals surface area contributed by atoms with E-state index in [0.29, 0.717) is 6.61 Å². The summed E-state index contributed by atoms with van der Waals surface area (Å²) >= 11 is 4.87. The van der Waals surface area contributed by atoms with E-state index < -0.39 is 6.10 Å². The molecule has 1 aliphatic rings. The van der Waals surface area contributed by atoms with Gasteiger partial charge in [0.1, 0.15) is 18.5 Å². The summed E-state index contributed by atoms with van der Waals surface area (Å²) in [6.07, 6.45) is -0.404. The van der Waals surface area contributed by atoms with Gasteiger partial charge >= 0.3 is 0 Å². The number of ether oxygens (including phenoxy) is 1. The van der Waals surface area contributed by atoms with E-state index in [1.807, 2.05) is 11.4 Å². The van der Waals surface area contributed by atoms with E-state index in [1.165, 1.54) is 11.3 Å². The van der Waals surface area contributed by atoms with Crippen LogP contribution in [0.25, 0.3) is 0 Å². The summed E-state index contributed by atoms with van der Waals surface area (Å²) in [5.41, 5.74) is 0. The van der Waals surface area contributed by atoms with Crippen LogP contribution in [0.5, 0.6) is 5.75 Å². The molecular weight excluding hydrogens is 228 g/mol. The maximum absolute atomic E-state index is 9.60. The Hall–Kier alpha value is -0.0600. The fourth-order valence-corrected chi connectivity index (χ4v) is 2.53. The molecule has 1 aromatic heterocycles. The van der Waals surface area contributed by atoms with Crippen LogP contribution in [-0.2, 0) is 0 Å². The number of rotatable bonds is 0. The van der Waals surface area contributed by atoms with Gasteiger partial charge in [-0.3, -0.25) is 0 Å². The van der Waals surface area contributed by atoms with Gasteiger partial charge in [-0.05, 0) is 11.4 Å². The van der Waals surface area contributed by atoms with Crippen molar-refractivity contribution in [1.29, 1.82) is 0 Å². The molecule has 0 spiro atoms. The minimum Gasteiger partial charge on any atom is -0.491 e. The Morgan fingerprint density at radius 3 is 3.36 bits per heavy atom. The number of halogens is 1. The highest BCUT2D eigenvalue weighted by Crippen LogP contribution is 2.38. The number of alkyl halides is 1. The molecule has 2 heterocycles. The van der Waals surface area contributed by atoms with Crippen LogP contribution < -0.4 is 4.74 Å². The summed E-state index contributed by atoms with van der Waals surface area (Å²) < 4.78 is 5.35. The standard InChI is InChI=1S/C7H7BrO2S/c8-4-3-10-5-1-2-11-7(5)6(4)9/h1-2,4,6,9H,3H2. The summed E-state index contributed by atoms with van der Waals surface area (Å²) in [6, 6.07) is 1.89. The molecule has 11 heavy (non-hydrogen) atoms. The van der Waals surface area contributed by atoms with Crippen molar-refractivity contribution in [2.24, 2.45) is 0 Å². The molecule has 0 amide bonds. The predicted molar refractivity (Wildman–Crippen MR) is 47.5 cm³/mol. The average Bonchev–Trinajstić information content (AvgIpc) is 2.45. The molecule has 2 rings (SSSR count). The second kappa shape index (κ2) is 2.77. The van der Waals surface area contributed by atoms with Gasteiger partial charge in [-0.2, -0.15) is 0 Å². The van der Waals surface area contributed by atoms with Crippen LogP contribution in [0.15, 0.2) is 11.4 Å². The van der Waals surface area contributed by atoms with Gasteiger partial charge in [-0.25, -0.2) is 0 Å². The molecule has 0 bridgehead atoms. The van der Waals surface area contributed by atoms with E-state index in [-0.39, 0.29) is 4.83 Å². The summed E-state index contributed by atoms with van der Waals surface area (Å²) in [7, 11) is 0. The van der Waals surface area contributed by atoms with E-state index in [1.54, 1.807) is 0 Å². The molecule has 0 radical (unpaired) electrons. The molecule has 0 fully saturated rings. The molecular formula is C7H7BrO2S. The minimum absolute atomic E-state index is 0.0358. The van der Waals surface area contributed by atoms with Gasteiger partial charge in [0.25, 0.3) is 0 Å². The van der Waals surface area contributed by atoms with Crippen molar-refractivity contribution < 1.29 is 9.84 Å². The SMILES string of the molecule is OC1c2sccc2OCC1Br. The van der Waals surface area contributed by atoms with E-state index >= 15 is 0 Å². The third-order valence-electron chi connectivity index (χ3n) is 1.67. The highest BCUT2D eigenvalue weighted by molar-refractivity contribution is 9.09. The highest BCUT2D eigenvalue weighted by Gasteiger charge is 2.28. The Labute approximate surface area is 76.9 Å². The Morgan fingerprint density at radius 2 is 2.55 bits per heavy atom. The van der Waals surface area contributed by atoms with Gasteiger partial charge < -0.3 is 9.84 Å². The second-order valence-corrected chi connectivity index (χ2v) is 4.54. The average molecular weight is 235 g/mol. The lowest BCUT2D eigenvalue weighted by molar-refractivity contribution is 0.129. The summed E-state index contributed by atoms with van der Waals surface area (Å²) in [4.78, 5) is 0.965. The van der Waals surface area contributed by atoms with Crippen molar-refractivity contribution in [1.82, 2.24) is 0 Å². The summed E-state index contributed by atoms with van der Waals surface area (Å²) in [5, 5.41) is 11.5. The van der Waals surface area contributed by atoms with Crippen molar-refractivity contribution in [2.45, 2.75) is 10.9 Å². The fraction of sp³-hybridized carbons (Fsp3) is 0.429. The zero-order valence-electron chi connectivity index (χ0n) is 5.66. The monoisotopic (exact) mass is 234 g/mol. The largest absolute Gasteiger partial charge is 0.491 e. The Kier molecular flexibility index (Phi) is 1.91. The van der Waals surface area contributed by atoms with Crippen LogP contribution in [-0.4, -0.2) is 16.5 Å². The first-order valence-electron chi connectivity index (χ1n) is 3.31. The topological polar surface area (TPSA) is 29.5 Å². The van der Waals surface area contributed by atoms with Crippen LogP contribution in [0, 0.1) is 0 Å². The smallest absolute Gasteiger partial charge is 0.135 e. The van der Waals surface area contributed by atoms with E-state index in [0.717, 1.165) is 10.6 Å². The molecule has 2 nitrogen and oxygen atoms in total. The van der Waals surface area contributed by atoms with E-state index in [9.17, 15) is 5.11 Å². The molecule has 0 saturated heterocycles. The molecule has 1 aliphatic heterocycles. The molecule has 60 valence electrons. The quantitative estimate of drug-likeness (QED) is 0.696. The first-order chi connectivity index (χ1) is 5.29. The van der Waals surface area contributed by atoms with Gasteiger partial charge in [0.15, 0.2) is 0 Å². The minimum atomic E-state index is -0.404. The second-order valence-electron chi connectivity index (χ2n) is 2.42. The van der Waals surface area contributed by atoms with Crippen molar-refractivity contribution >= 4 is 27.3 Å². The predicted octanol–water partition coefficient (Wildman–Crippen LogP) is 1.94. The van der Waals surface area contributed by atoms with Gasteiger partial charge in [0, 0.05) is 0 Å². The Bertz CT molecular complexity index is 261. The third-order valence-corrected chi connectivity index (χ3v) is 3.40. The first kappa shape index (κ1) is 7.58. The van der Waals surface area contributed by atoms with Crippen molar-refractivity contribution in [3.05, 3.63) is 16.3 Å². The van der Waals surface area contributed by atoms with Gasteiger partial charge in [-0.15, -0.1) is 11.3 Å². The molecule has 2 unspecified atom stereocenters. The van der Waals surface area contributed by atoms with E-state index in [2.05, 4.69) is 15.9 Å². The molecule has 0 aromatic carbocycles. The van der Waals surface area contributed by atoms with Crippen LogP contribution in [0.2, 0.25) is 0 Å². The van der Waals surface area contributed by atoms with Crippen molar-refractivity contribution in [3.63, 3.8) is 0 Å². The van der Waals surface area contributed by atoms with Crippen LogP contribution >= 0.6 is 27.3 Å². The maximum atomic E-state index is 9.60. The zero-order chi connectivity index (χ0) is 7.84. The van der Waals surface area contributed by atoms with Gasteiger partial charge in [0.2, 0.25) is 0 Å². The number of fused-ring (bicyclic) bond motifs is 1. The number of aliphatic hydroxyl groups excluding tert-OH is 1. The number of aliphatic hydroxyl groups is 1. The molecule has 2 atom stereocenters. The summed E-state index contributed by atoms with van der Waals surface area (Å²) in [5.74, 6) is 0.832. The van der Waals surface area contributed by atoms with Crippen LogP contribution in [0.4, 0.5) is 0 Å². The molecule has 0 saturated carbocycles. The molecule has 4 heteroatoms. The lowest BCUT2D eigenvalue weighted by atomic mass is 10.2. The van der Waals surface area contributed by atoms with Gasteiger partial charge in [0.05, 0.1) is 9.70 Å². The molecule has 1 aromatic rings. The molecule has 1 N–H and O–H groups in total. The number of thiophene rings is 1. The number of hydrogen-bond donors (Lipinski definition) is 1. The zero-order valence-corrected chi connectivity index (χ0v) is 8.06. The fourth-order valence-electron chi connectivity index (χ4n) is 1.07. The van der Waals surface area contributed by atoms with Crippen LogP contribution in [0.1, 0.15) is 11.0 Å². The van der Waals surface area contributed by atoms with Crippen LogP contribution in [0.3, 0.4) is 0 Å². The van der Waals surface area contributed by atoms with Gasteiger partial charge in [-0.1, -0.05) is 15.9 Å². The van der Waals surface area contributed by atoms with Crippen molar-refractivity contribution in [2.75, 3.05) is 6.61 Å². The third kappa shape index (κ3) is 1.19. The lowest BCUT2D eigenvalue weighted by Gasteiger charge is -2.23. The lowest BCUT2D eigenvalue weighted by Crippen LogP contribution is -2.24. The highest BCUT2D eigenvalue weighted by atomic mass is 79.9. The normalized spacial score (nSPS) is 29.3.